The molecule has 27 heavy (non-hydrogen) atoms. The van der Waals surface area contributed by atoms with E-state index in [1.54, 1.807) is 0 Å². The number of aromatic nitrogens is 2. The molecular weight excluding hydrogens is 338 g/mol. The largest absolute Gasteiger partial charge is 0.484 e. The number of fused-ring (bicyclic) bond motifs is 1. The zero-order valence-corrected chi connectivity index (χ0v) is 16.0. The van der Waals surface area contributed by atoms with Crippen molar-refractivity contribution in [3.05, 3.63) is 60.4 Å². The van der Waals surface area contributed by atoms with Crippen LogP contribution in [0.2, 0.25) is 0 Å². The van der Waals surface area contributed by atoms with Gasteiger partial charge in [0.2, 0.25) is 0 Å². The summed E-state index contributed by atoms with van der Waals surface area (Å²) in [5, 5.41) is 2.92. The van der Waals surface area contributed by atoms with Gasteiger partial charge in [-0.1, -0.05) is 44.2 Å². The predicted molar refractivity (Wildman–Crippen MR) is 108 cm³/mol. The SMILES string of the molecule is CC(C)CCn1c(CCNC(=O)COc2ccccc2)nc2ccccc21. The van der Waals surface area contributed by atoms with Crippen molar-refractivity contribution >= 4 is 16.9 Å². The summed E-state index contributed by atoms with van der Waals surface area (Å²) >= 11 is 0. The third-order valence-corrected chi connectivity index (χ3v) is 4.45. The number of imidazole rings is 1. The van der Waals surface area contributed by atoms with E-state index >= 15 is 0 Å². The number of hydrogen-bond donors (Lipinski definition) is 1. The van der Waals surface area contributed by atoms with Gasteiger partial charge in [0.1, 0.15) is 11.6 Å². The summed E-state index contributed by atoms with van der Waals surface area (Å²) in [5.41, 5.74) is 2.17. The van der Waals surface area contributed by atoms with Crippen LogP contribution in [0.3, 0.4) is 0 Å². The van der Waals surface area contributed by atoms with Gasteiger partial charge < -0.3 is 14.6 Å². The lowest BCUT2D eigenvalue weighted by atomic mass is 10.1. The second kappa shape index (κ2) is 9.21. The zero-order chi connectivity index (χ0) is 19.1. The van der Waals surface area contributed by atoms with Crippen LogP contribution >= 0.6 is 0 Å². The highest BCUT2D eigenvalue weighted by atomic mass is 16.5. The number of ether oxygens (including phenoxy) is 1. The average molecular weight is 365 g/mol. The maximum atomic E-state index is 12.0. The summed E-state index contributed by atoms with van der Waals surface area (Å²) in [6.45, 7) is 5.96. The minimum atomic E-state index is -0.122. The standard InChI is InChI=1S/C22H27N3O2/c1-17(2)13-15-25-20-11-7-6-10-19(20)24-21(25)12-14-23-22(26)16-27-18-8-4-3-5-9-18/h3-11,17H,12-16H2,1-2H3,(H,23,26). The van der Waals surface area contributed by atoms with Gasteiger partial charge in [-0.2, -0.15) is 0 Å². The molecule has 1 aromatic heterocycles. The van der Waals surface area contributed by atoms with E-state index in [0.29, 0.717) is 24.6 Å². The first-order valence-electron chi connectivity index (χ1n) is 9.52. The highest BCUT2D eigenvalue weighted by molar-refractivity contribution is 5.77. The number of benzene rings is 2. The maximum Gasteiger partial charge on any atom is 0.257 e. The average Bonchev–Trinajstić information content (AvgIpc) is 3.03. The van der Waals surface area contributed by atoms with E-state index in [0.717, 1.165) is 29.8 Å². The number of carbonyl (C=O) groups is 1. The monoisotopic (exact) mass is 365 g/mol. The number of rotatable bonds is 9. The molecule has 0 spiro atoms. The van der Waals surface area contributed by atoms with E-state index in [9.17, 15) is 4.79 Å². The molecule has 0 fully saturated rings. The maximum absolute atomic E-state index is 12.0. The van der Waals surface area contributed by atoms with Gasteiger partial charge in [0, 0.05) is 19.5 Å². The highest BCUT2D eigenvalue weighted by Crippen LogP contribution is 2.18. The third-order valence-electron chi connectivity index (χ3n) is 4.45. The van der Waals surface area contributed by atoms with Crippen LogP contribution in [0, 0.1) is 5.92 Å². The fourth-order valence-electron chi connectivity index (χ4n) is 2.98. The topological polar surface area (TPSA) is 56.2 Å². The molecule has 0 unspecified atom stereocenters. The molecular formula is C22H27N3O2. The fraction of sp³-hybridized carbons (Fsp3) is 0.364. The number of amides is 1. The van der Waals surface area contributed by atoms with Crippen molar-refractivity contribution < 1.29 is 9.53 Å². The van der Waals surface area contributed by atoms with Crippen molar-refractivity contribution in [2.24, 2.45) is 5.92 Å². The summed E-state index contributed by atoms with van der Waals surface area (Å²) in [6, 6.07) is 17.6. The van der Waals surface area contributed by atoms with Crippen molar-refractivity contribution in [2.45, 2.75) is 33.2 Å². The number of nitrogens with zero attached hydrogens (tertiary/aromatic N) is 2. The van der Waals surface area contributed by atoms with E-state index in [1.807, 2.05) is 48.5 Å². The summed E-state index contributed by atoms with van der Waals surface area (Å²) in [5.74, 6) is 2.22. The van der Waals surface area contributed by atoms with Gasteiger partial charge in [0.15, 0.2) is 6.61 Å². The number of aryl methyl sites for hydroxylation is 1. The van der Waals surface area contributed by atoms with E-state index in [4.69, 9.17) is 9.72 Å². The van der Waals surface area contributed by atoms with Crippen molar-refractivity contribution in [2.75, 3.05) is 13.2 Å². The number of nitrogens with one attached hydrogen (secondary N) is 1. The first kappa shape index (κ1) is 19.0. The number of para-hydroxylation sites is 3. The molecule has 0 saturated heterocycles. The minimum Gasteiger partial charge on any atom is -0.484 e. The van der Waals surface area contributed by atoms with Crippen LogP contribution in [0.1, 0.15) is 26.1 Å². The fourth-order valence-corrected chi connectivity index (χ4v) is 2.98. The van der Waals surface area contributed by atoms with Crippen LogP contribution in [-0.2, 0) is 17.8 Å². The van der Waals surface area contributed by atoms with E-state index in [2.05, 4.69) is 29.8 Å². The van der Waals surface area contributed by atoms with Gasteiger partial charge in [0.05, 0.1) is 11.0 Å². The summed E-state index contributed by atoms with van der Waals surface area (Å²) in [4.78, 5) is 16.8. The molecule has 0 saturated carbocycles. The second-order valence-corrected chi connectivity index (χ2v) is 7.05. The lowest BCUT2D eigenvalue weighted by Crippen LogP contribution is -2.31. The molecule has 1 amide bonds. The lowest BCUT2D eigenvalue weighted by molar-refractivity contribution is -0.123. The Balaban J connectivity index is 1.56. The molecule has 0 atom stereocenters. The van der Waals surface area contributed by atoms with Gasteiger partial charge in [-0.05, 0) is 36.6 Å². The summed E-state index contributed by atoms with van der Waals surface area (Å²) in [6.07, 6.45) is 1.80. The molecule has 3 aromatic rings. The predicted octanol–water partition coefficient (Wildman–Crippen LogP) is 3.82. The second-order valence-electron chi connectivity index (χ2n) is 7.05. The molecule has 0 bridgehead atoms. The van der Waals surface area contributed by atoms with Gasteiger partial charge in [-0.3, -0.25) is 4.79 Å². The molecule has 142 valence electrons. The molecule has 0 aliphatic rings. The molecule has 2 aromatic carbocycles. The first-order chi connectivity index (χ1) is 13.1. The lowest BCUT2D eigenvalue weighted by Gasteiger charge is -2.11. The Morgan fingerprint density at radius 1 is 1.11 bits per heavy atom. The van der Waals surface area contributed by atoms with Crippen LogP contribution in [0.4, 0.5) is 0 Å². The number of carbonyl (C=O) groups excluding carboxylic acids is 1. The van der Waals surface area contributed by atoms with Crippen molar-refractivity contribution in [3.63, 3.8) is 0 Å². The summed E-state index contributed by atoms with van der Waals surface area (Å²) < 4.78 is 7.75. The summed E-state index contributed by atoms with van der Waals surface area (Å²) in [7, 11) is 0. The third kappa shape index (κ3) is 5.33. The highest BCUT2D eigenvalue weighted by Gasteiger charge is 2.11. The van der Waals surface area contributed by atoms with E-state index < -0.39 is 0 Å². The Kier molecular flexibility index (Phi) is 6.47. The molecule has 3 rings (SSSR count). The van der Waals surface area contributed by atoms with Crippen LogP contribution < -0.4 is 10.1 Å². The van der Waals surface area contributed by atoms with Crippen molar-refractivity contribution in [1.29, 1.82) is 0 Å². The van der Waals surface area contributed by atoms with Gasteiger partial charge >= 0.3 is 0 Å². The molecule has 1 heterocycles. The van der Waals surface area contributed by atoms with Gasteiger partial charge in [-0.15, -0.1) is 0 Å². The molecule has 0 aliphatic heterocycles. The van der Waals surface area contributed by atoms with E-state index in [1.165, 1.54) is 0 Å². The van der Waals surface area contributed by atoms with Gasteiger partial charge in [-0.25, -0.2) is 4.98 Å². The molecule has 1 N–H and O–H groups in total. The quantitative estimate of drug-likeness (QED) is 0.627. The van der Waals surface area contributed by atoms with Gasteiger partial charge in [0.25, 0.3) is 5.91 Å². The van der Waals surface area contributed by atoms with Crippen LogP contribution in [0.25, 0.3) is 11.0 Å². The van der Waals surface area contributed by atoms with Crippen molar-refractivity contribution in [3.8, 4) is 5.75 Å². The molecule has 5 nitrogen and oxygen atoms in total. The zero-order valence-electron chi connectivity index (χ0n) is 16.0. The van der Waals surface area contributed by atoms with Crippen LogP contribution in [-0.4, -0.2) is 28.6 Å². The van der Waals surface area contributed by atoms with Crippen molar-refractivity contribution in [1.82, 2.24) is 14.9 Å². The normalized spacial score (nSPS) is 11.1. The minimum absolute atomic E-state index is 0.0216. The Morgan fingerprint density at radius 2 is 1.85 bits per heavy atom. The Labute approximate surface area is 160 Å². The molecule has 5 heteroatoms. The Hall–Kier alpha value is -2.82. The number of hydrogen-bond acceptors (Lipinski definition) is 3. The van der Waals surface area contributed by atoms with Crippen LogP contribution in [0.15, 0.2) is 54.6 Å². The van der Waals surface area contributed by atoms with E-state index in [-0.39, 0.29) is 12.5 Å². The first-order valence-corrected chi connectivity index (χ1v) is 9.52. The smallest absolute Gasteiger partial charge is 0.257 e. The Morgan fingerprint density at radius 3 is 2.63 bits per heavy atom. The van der Waals surface area contributed by atoms with Crippen LogP contribution in [0.5, 0.6) is 5.75 Å². The Bertz CT molecular complexity index is 872. The molecule has 0 aliphatic carbocycles. The molecule has 0 radical (unpaired) electrons.